The Kier molecular flexibility index (Phi) is 3.05. The van der Waals surface area contributed by atoms with E-state index < -0.39 is 0 Å². The zero-order chi connectivity index (χ0) is 15.8. The summed E-state index contributed by atoms with van der Waals surface area (Å²) in [5.74, 6) is 0.563. The topological polar surface area (TPSA) is 89.0 Å². The summed E-state index contributed by atoms with van der Waals surface area (Å²) in [6.45, 7) is 0. The first-order chi connectivity index (χ1) is 11.3. The summed E-state index contributed by atoms with van der Waals surface area (Å²) in [6, 6.07) is 7.22. The van der Waals surface area contributed by atoms with E-state index in [0.29, 0.717) is 11.3 Å². The minimum Gasteiger partial charge on any atom is -0.436 e. The summed E-state index contributed by atoms with van der Waals surface area (Å²) in [4.78, 5) is 19.9. The molecule has 0 unspecified atom stereocenters. The molecule has 0 aliphatic heterocycles. The molecule has 1 aliphatic carbocycles. The number of aromatic nitrogens is 2. The Labute approximate surface area is 131 Å². The normalized spacial score (nSPS) is 12.8. The van der Waals surface area contributed by atoms with Crippen LogP contribution in [0.5, 0.6) is 11.6 Å². The van der Waals surface area contributed by atoms with Gasteiger partial charge in [-0.25, -0.2) is 14.8 Å². The van der Waals surface area contributed by atoms with Crippen molar-refractivity contribution in [3.8, 4) is 17.7 Å². The number of hydrogen-bond acceptors (Lipinski definition) is 6. The van der Waals surface area contributed by atoms with Crippen LogP contribution in [0.4, 0.5) is 0 Å². The van der Waals surface area contributed by atoms with Gasteiger partial charge in [0.2, 0.25) is 5.69 Å². The summed E-state index contributed by atoms with van der Waals surface area (Å²) in [5, 5.41) is 9.95. The van der Waals surface area contributed by atoms with Crippen LogP contribution in [0.3, 0.4) is 0 Å². The van der Waals surface area contributed by atoms with Gasteiger partial charge in [-0.15, -0.1) is 0 Å². The first-order valence-electron chi connectivity index (χ1n) is 7.24. The van der Waals surface area contributed by atoms with Gasteiger partial charge in [-0.2, -0.15) is 5.26 Å². The quantitative estimate of drug-likeness (QED) is 0.676. The lowest BCUT2D eigenvalue weighted by molar-refractivity contribution is 0.456. The molecule has 2 heterocycles. The van der Waals surface area contributed by atoms with Crippen molar-refractivity contribution in [3.63, 3.8) is 0 Å². The molecule has 0 fully saturated rings. The Hall–Kier alpha value is -3.20. The Morgan fingerprint density at radius 3 is 2.87 bits per heavy atom. The van der Waals surface area contributed by atoms with Crippen LogP contribution in [0.1, 0.15) is 23.2 Å². The van der Waals surface area contributed by atoms with Crippen LogP contribution >= 0.6 is 0 Å². The number of nitriles is 1. The first-order valence-corrected chi connectivity index (χ1v) is 7.24. The van der Waals surface area contributed by atoms with Crippen molar-refractivity contribution >= 4 is 11.0 Å². The van der Waals surface area contributed by atoms with Crippen molar-refractivity contribution in [2.75, 3.05) is 0 Å². The number of nitrogens with zero attached hydrogens (tertiary/aromatic N) is 3. The molecule has 1 aromatic carbocycles. The van der Waals surface area contributed by atoms with E-state index in [2.05, 4.69) is 9.97 Å². The highest BCUT2D eigenvalue weighted by atomic mass is 16.5. The van der Waals surface area contributed by atoms with Crippen molar-refractivity contribution in [2.24, 2.45) is 0 Å². The number of hydrogen-bond donors (Lipinski definition) is 0. The maximum atomic E-state index is 12.0. The molecule has 23 heavy (non-hydrogen) atoms. The lowest BCUT2D eigenvalue weighted by Crippen LogP contribution is -2.06. The minimum absolute atomic E-state index is 0.100. The average molecular weight is 305 g/mol. The highest BCUT2D eigenvalue weighted by Gasteiger charge is 2.20. The molecule has 0 saturated heterocycles. The van der Waals surface area contributed by atoms with Crippen molar-refractivity contribution in [1.29, 1.82) is 5.26 Å². The van der Waals surface area contributed by atoms with Gasteiger partial charge in [0, 0.05) is 29.4 Å². The van der Waals surface area contributed by atoms with Gasteiger partial charge >= 0.3 is 5.63 Å². The van der Waals surface area contributed by atoms with E-state index in [1.807, 2.05) is 12.1 Å². The largest absolute Gasteiger partial charge is 0.436 e. The summed E-state index contributed by atoms with van der Waals surface area (Å²) < 4.78 is 11.0. The highest BCUT2D eigenvalue weighted by Crippen LogP contribution is 2.31. The monoisotopic (exact) mass is 305 g/mol. The predicted molar refractivity (Wildman–Crippen MR) is 81.3 cm³/mol. The lowest BCUT2D eigenvalue weighted by Gasteiger charge is -2.08. The summed E-state index contributed by atoms with van der Waals surface area (Å²) in [6.07, 6.45) is 5.51. The standard InChI is InChI=1S/C17H11N3O3/c18-9-14-16(20-7-6-19-14)22-10-4-5-12-11-2-1-3-13(11)17(21)23-15(12)8-10/h4-8H,1-3H2. The summed E-state index contributed by atoms with van der Waals surface area (Å²) in [7, 11) is 0. The number of benzene rings is 1. The van der Waals surface area contributed by atoms with Crippen LogP contribution in [-0.2, 0) is 12.8 Å². The maximum absolute atomic E-state index is 12.0. The molecule has 6 heteroatoms. The zero-order valence-corrected chi connectivity index (χ0v) is 12.1. The second-order valence-electron chi connectivity index (χ2n) is 5.28. The van der Waals surface area contributed by atoms with Crippen LogP contribution in [0.2, 0.25) is 0 Å². The van der Waals surface area contributed by atoms with Crippen LogP contribution < -0.4 is 10.4 Å². The van der Waals surface area contributed by atoms with Gasteiger partial charge in [-0.05, 0) is 37.0 Å². The molecule has 0 saturated carbocycles. The summed E-state index contributed by atoms with van der Waals surface area (Å²) >= 11 is 0. The molecule has 0 spiro atoms. The number of fused-ring (bicyclic) bond motifs is 3. The fourth-order valence-corrected chi connectivity index (χ4v) is 2.92. The molecule has 0 amide bonds. The van der Waals surface area contributed by atoms with Crippen LogP contribution in [0, 0.1) is 11.3 Å². The van der Waals surface area contributed by atoms with E-state index in [4.69, 9.17) is 14.4 Å². The lowest BCUT2D eigenvalue weighted by atomic mass is 10.1. The third-order valence-electron chi connectivity index (χ3n) is 3.93. The van der Waals surface area contributed by atoms with E-state index >= 15 is 0 Å². The minimum atomic E-state index is -0.278. The van der Waals surface area contributed by atoms with E-state index in [0.717, 1.165) is 35.8 Å². The van der Waals surface area contributed by atoms with Gasteiger partial charge in [-0.1, -0.05) is 0 Å². The fraction of sp³-hybridized carbons (Fsp3) is 0.176. The average Bonchev–Trinajstić information content (AvgIpc) is 3.06. The molecule has 1 aliphatic rings. The molecule has 2 aromatic heterocycles. The molecule has 6 nitrogen and oxygen atoms in total. The molecular weight excluding hydrogens is 294 g/mol. The van der Waals surface area contributed by atoms with Crippen LogP contribution in [0.15, 0.2) is 39.8 Å². The third kappa shape index (κ3) is 2.23. The Balaban J connectivity index is 1.80. The SMILES string of the molecule is N#Cc1nccnc1Oc1ccc2c3c(c(=O)oc2c1)CCC3. The molecule has 0 atom stereocenters. The maximum Gasteiger partial charge on any atom is 0.339 e. The van der Waals surface area contributed by atoms with Crippen LogP contribution in [0.25, 0.3) is 11.0 Å². The summed E-state index contributed by atoms with van der Waals surface area (Å²) in [5.41, 5.74) is 2.16. The first kappa shape index (κ1) is 13.5. The molecule has 0 radical (unpaired) electrons. The third-order valence-corrected chi connectivity index (χ3v) is 3.93. The van der Waals surface area contributed by atoms with Gasteiger partial charge in [0.25, 0.3) is 5.88 Å². The Bertz CT molecular complexity index is 1020. The molecule has 112 valence electrons. The van der Waals surface area contributed by atoms with Gasteiger partial charge in [0.1, 0.15) is 17.4 Å². The molecule has 0 N–H and O–H groups in total. The van der Waals surface area contributed by atoms with Gasteiger partial charge in [-0.3, -0.25) is 0 Å². The van der Waals surface area contributed by atoms with E-state index in [1.165, 1.54) is 12.4 Å². The predicted octanol–water partition coefficient (Wildman–Crippen LogP) is 2.74. The van der Waals surface area contributed by atoms with Gasteiger partial charge in [0.15, 0.2) is 0 Å². The Morgan fingerprint density at radius 2 is 2.00 bits per heavy atom. The smallest absolute Gasteiger partial charge is 0.339 e. The number of ether oxygens (including phenoxy) is 1. The van der Waals surface area contributed by atoms with E-state index in [-0.39, 0.29) is 17.2 Å². The second-order valence-corrected chi connectivity index (χ2v) is 5.28. The molecule has 3 aromatic rings. The number of rotatable bonds is 2. The van der Waals surface area contributed by atoms with Crippen molar-refractivity contribution in [2.45, 2.75) is 19.3 Å². The fourth-order valence-electron chi connectivity index (χ4n) is 2.92. The zero-order valence-electron chi connectivity index (χ0n) is 12.1. The van der Waals surface area contributed by atoms with E-state index in [1.54, 1.807) is 12.1 Å². The van der Waals surface area contributed by atoms with Crippen molar-refractivity contribution < 1.29 is 9.15 Å². The highest BCUT2D eigenvalue weighted by molar-refractivity contribution is 5.83. The molecular formula is C17H11N3O3. The van der Waals surface area contributed by atoms with Crippen molar-refractivity contribution in [3.05, 3.63) is 57.8 Å². The van der Waals surface area contributed by atoms with Crippen molar-refractivity contribution in [1.82, 2.24) is 9.97 Å². The second kappa shape index (κ2) is 5.21. The Morgan fingerprint density at radius 1 is 1.17 bits per heavy atom. The van der Waals surface area contributed by atoms with Crippen LogP contribution in [-0.4, -0.2) is 9.97 Å². The van der Waals surface area contributed by atoms with E-state index in [9.17, 15) is 4.79 Å². The number of aryl methyl sites for hydroxylation is 1. The van der Waals surface area contributed by atoms with Gasteiger partial charge in [0.05, 0.1) is 0 Å². The molecule has 4 rings (SSSR count). The van der Waals surface area contributed by atoms with Gasteiger partial charge < -0.3 is 9.15 Å². The molecule has 0 bridgehead atoms.